The Hall–Kier alpha value is -3.31. The Morgan fingerprint density at radius 3 is 2.36 bits per heavy atom. The van der Waals surface area contributed by atoms with E-state index in [-0.39, 0.29) is 0 Å². The van der Waals surface area contributed by atoms with Crippen LogP contribution in [0.4, 0.5) is 0 Å². The van der Waals surface area contributed by atoms with Crippen LogP contribution in [0.5, 0.6) is 5.75 Å². The average molecular weight is 485 g/mol. The third kappa shape index (κ3) is 4.85. The highest BCUT2D eigenvalue weighted by atomic mass is 16.5. The highest BCUT2D eigenvalue weighted by molar-refractivity contribution is 5.82. The fourth-order valence-electron chi connectivity index (χ4n) is 5.86. The van der Waals surface area contributed by atoms with Crippen LogP contribution in [0.15, 0.2) is 59.7 Å². The van der Waals surface area contributed by atoms with Crippen molar-refractivity contribution in [3.8, 4) is 16.9 Å². The van der Waals surface area contributed by atoms with E-state index in [1.807, 2.05) is 13.8 Å². The molecule has 1 unspecified atom stereocenters. The smallest absolute Gasteiger partial charge is 0.136 e. The molecule has 1 saturated carbocycles. The van der Waals surface area contributed by atoms with E-state index in [2.05, 4.69) is 85.9 Å². The summed E-state index contributed by atoms with van der Waals surface area (Å²) in [6.07, 6.45) is 4.34. The van der Waals surface area contributed by atoms with Crippen molar-refractivity contribution in [2.45, 2.75) is 72.8 Å². The molecule has 1 fully saturated rings. The zero-order chi connectivity index (χ0) is 25.9. The van der Waals surface area contributed by atoms with Crippen molar-refractivity contribution in [3.05, 3.63) is 88.0 Å². The number of nitrogens with zero attached hydrogens (tertiary/aromatic N) is 1. The molecular formula is C31H40N4O. The lowest BCUT2D eigenvalue weighted by Gasteiger charge is -2.20. The van der Waals surface area contributed by atoms with Gasteiger partial charge in [-0.15, -0.1) is 0 Å². The number of rotatable bonds is 6. The monoisotopic (exact) mass is 484 g/mol. The summed E-state index contributed by atoms with van der Waals surface area (Å²) >= 11 is 0. The molecule has 5 nitrogen and oxygen atoms in total. The van der Waals surface area contributed by atoms with Gasteiger partial charge in [0.25, 0.3) is 0 Å². The molecule has 2 aliphatic rings. The fraction of sp³-hybridized carbons (Fsp3) is 0.387. The van der Waals surface area contributed by atoms with Crippen molar-refractivity contribution in [3.63, 3.8) is 0 Å². The van der Waals surface area contributed by atoms with Crippen molar-refractivity contribution in [1.82, 2.24) is 5.43 Å². The summed E-state index contributed by atoms with van der Waals surface area (Å²) in [5.74, 6) is 13.1. The average Bonchev–Trinajstić information content (AvgIpc) is 3.59. The van der Waals surface area contributed by atoms with Crippen LogP contribution in [-0.2, 0) is 13.0 Å². The topological polar surface area (TPSA) is 85.7 Å². The molecule has 3 aromatic carbocycles. The fourth-order valence-corrected chi connectivity index (χ4v) is 5.86. The third-order valence-electron chi connectivity index (χ3n) is 7.97. The van der Waals surface area contributed by atoms with Crippen LogP contribution in [0.1, 0.15) is 72.4 Å². The number of ether oxygens (including phenoxy) is 1. The maximum absolute atomic E-state index is 6.32. The summed E-state index contributed by atoms with van der Waals surface area (Å²) in [5.41, 5.74) is 13.5. The first kappa shape index (κ1) is 25.8. The van der Waals surface area contributed by atoms with Crippen LogP contribution >= 0.6 is 0 Å². The van der Waals surface area contributed by atoms with Gasteiger partial charge < -0.3 is 16.0 Å². The molecule has 5 N–H and O–H groups in total. The van der Waals surface area contributed by atoms with Gasteiger partial charge in [0.2, 0.25) is 0 Å². The number of hydrazone groups is 1. The van der Waals surface area contributed by atoms with Gasteiger partial charge in [-0.1, -0.05) is 56.3 Å². The van der Waals surface area contributed by atoms with Crippen LogP contribution in [0.2, 0.25) is 0 Å². The Morgan fingerprint density at radius 2 is 1.72 bits per heavy atom. The van der Waals surface area contributed by atoms with Crippen LogP contribution in [-0.4, -0.2) is 5.84 Å². The zero-order valence-electron chi connectivity index (χ0n) is 22.3. The van der Waals surface area contributed by atoms with Gasteiger partial charge in [0.1, 0.15) is 18.2 Å². The van der Waals surface area contributed by atoms with Crippen molar-refractivity contribution >= 4 is 5.84 Å². The van der Waals surface area contributed by atoms with E-state index >= 15 is 0 Å². The lowest BCUT2D eigenvalue weighted by molar-refractivity contribution is 0.305. The van der Waals surface area contributed by atoms with Crippen LogP contribution < -0.4 is 21.8 Å². The Kier molecular flexibility index (Phi) is 7.70. The molecule has 5 heteroatoms. The second-order valence-corrected chi connectivity index (χ2v) is 10.0. The van der Waals surface area contributed by atoms with Crippen molar-refractivity contribution < 1.29 is 4.74 Å². The van der Waals surface area contributed by atoms with Crippen molar-refractivity contribution in [2.24, 2.45) is 22.2 Å². The number of aryl methyl sites for hydroxylation is 2. The number of fused-ring (bicyclic) bond motifs is 1. The van der Waals surface area contributed by atoms with Gasteiger partial charge in [-0.2, -0.15) is 5.10 Å². The quantitative estimate of drug-likeness (QED) is 0.163. The minimum absolute atomic E-state index is 0.337. The number of amidine groups is 1. The predicted octanol–water partition coefficient (Wildman–Crippen LogP) is 6.43. The van der Waals surface area contributed by atoms with Crippen molar-refractivity contribution in [1.29, 1.82) is 0 Å². The van der Waals surface area contributed by atoms with Gasteiger partial charge in [0.05, 0.1) is 0 Å². The number of nitrogens with one attached hydrogen (secondary N) is 1. The summed E-state index contributed by atoms with van der Waals surface area (Å²) in [5, 5.41) is 3.82. The highest BCUT2D eigenvalue weighted by Gasteiger charge is 2.54. The van der Waals surface area contributed by atoms with Gasteiger partial charge in [-0.3, -0.25) is 0 Å². The SMILES string of the molecule is CC.Cc1cccc(C)c1-c1cccc(COc2ccc3c(c2)CC2(CC2)C3C/C(=N/N)NN)c1C. The molecule has 1 spiro atoms. The molecule has 0 aliphatic heterocycles. The minimum Gasteiger partial charge on any atom is -0.489 e. The zero-order valence-corrected chi connectivity index (χ0v) is 22.3. The Balaban J connectivity index is 0.00000148. The molecule has 0 amide bonds. The molecule has 36 heavy (non-hydrogen) atoms. The van der Waals surface area contributed by atoms with E-state index in [1.165, 1.54) is 57.3 Å². The molecule has 190 valence electrons. The number of hydrogen-bond donors (Lipinski definition) is 3. The lowest BCUT2D eigenvalue weighted by atomic mass is 9.86. The molecule has 2 aliphatic carbocycles. The summed E-state index contributed by atoms with van der Waals surface area (Å²) in [6, 6.07) is 19.6. The number of hydrogen-bond acceptors (Lipinski definition) is 4. The maximum Gasteiger partial charge on any atom is 0.136 e. The molecule has 0 bridgehead atoms. The Morgan fingerprint density at radius 1 is 1.03 bits per heavy atom. The summed E-state index contributed by atoms with van der Waals surface area (Å²) in [7, 11) is 0. The van der Waals surface area contributed by atoms with E-state index in [0.29, 0.717) is 23.8 Å². The van der Waals surface area contributed by atoms with E-state index in [9.17, 15) is 0 Å². The van der Waals surface area contributed by atoms with E-state index in [0.717, 1.165) is 18.6 Å². The van der Waals surface area contributed by atoms with Crippen LogP contribution in [0, 0.1) is 26.2 Å². The highest BCUT2D eigenvalue weighted by Crippen LogP contribution is 2.64. The van der Waals surface area contributed by atoms with Gasteiger partial charge in [0, 0.05) is 6.42 Å². The van der Waals surface area contributed by atoms with Gasteiger partial charge in [0.15, 0.2) is 0 Å². The van der Waals surface area contributed by atoms with Crippen LogP contribution in [0.3, 0.4) is 0 Å². The van der Waals surface area contributed by atoms with E-state index in [4.69, 9.17) is 16.4 Å². The standard InChI is InChI=1S/C29H34N4O.C2H6/c1-18-6-4-7-19(2)28(18)24-9-5-8-21(20(24)3)17-34-23-10-11-25-22(14-23)16-29(12-13-29)26(25)15-27(32-30)33-31;1-2/h4-11,14,26H,12-13,15-17,30-31H2,1-3H3,(H,32,33);1-2H3. The van der Waals surface area contributed by atoms with E-state index in [1.54, 1.807) is 0 Å². The van der Waals surface area contributed by atoms with Crippen LogP contribution in [0.25, 0.3) is 11.1 Å². The predicted molar refractivity (Wildman–Crippen MR) is 150 cm³/mol. The maximum atomic E-state index is 6.32. The molecule has 0 aromatic heterocycles. The molecule has 0 heterocycles. The summed E-state index contributed by atoms with van der Waals surface area (Å²) in [6.45, 7) is 11.1. The first-order valence-electron chi connectivity index (χ1n) is 13.1. The molecule has 1 atom stereocenters. The normalized spacial score (nSPS) is 17.3. The minimum atomic E-state index is 0.337. The van der Waals surface area contributed by atoms with Gasteiger partial charge in [-0.05, 0) is 108 Å². The van der Waals surface area contributed by atoms with Crippen molar-refractivity contribution in [2.75, 3.05) is 0 Å². The number of benzene rings is 3. The Labute approximate surface area is 215 Å². The molecule has 5 rings (SSSR count). The molecule has 0 radical (unpaired) electrons. The van der Waals surface area contributed by atoms with Gasteiger partial charge in [-0.25, -0.2) is 5.84 Å². The number of nitrogens with two attached hydrogens (primary N) is 2. The van der Waals surface area contributed by atoms with Gasteiger partial charge >= 0.3 is 0 Å². The first-order chi connectivity index (χ1) is 17.5. The largest absolute Gasteiger partial charge is 0.489 e. The molecular weight excluding hydrogens is 444 g/mol. The third-order valence-corrected chi connectivity index (χ3v) is 7.97. The summed E-state index contributed by atoms with van der Waals surface area (Å²) < 4.78 is 6.32. The summed E-state index contributed by atoms with van der Waals surface area (Å²) in [4.78, 5) is 0. The first-order valence-corrected chi connectivity index (χ1v) is 13.1. The molecule has 3 aromatic rings. The second-order valence-electron chi connectivity index (χ2n) is 10.0. The van der Waals surface area contributed by atoms with E-state index < -0.39 is 0 Å². The molecule has 0 saturated heterocycles. The Bertz CT molecular complexity index is 1240. The lowest BCUT2D eigenvalue weighted by Crippen LogP contribution is -2.33. The number of hydrazine groups is 1. The second kappa shape index (κ2) is 10.8.